The van der Waals surface area contributed by atoms with Crippen molar-refractivity contribution in [1.82, 2.24) is 10.2 Å². The predicted molar refractivity (Wildman–Crippen MR) is 143 cm³/mol. The first kappa shape index (κ1) is 30.5. The van der Waals surface area contributed by atoms with Crippen LogP contribution in [0.25, 0.3) is 0 Å². The lowest BCUT2D eigenvalue weighted by atomic mass is 9.85. The summed E-state index contributed by atoms with van der Waals surface area (Å²) in [7, 11) is 0. The fraction of sp³-hybridized carbons (Fsp3) is 0.690. The molecule has 208 valence electrons. The zero-order valence-electron chi connectivity index (χ0n) is 24.3. The maximum atomic E-state index is 13.3. The highest BCUT2D eigenvalue weighted by Gasteiger charge is 2.39. The number of nitrogens with one attached hydrogen (secondary N) is 1. The van der Waals surface area contributed by atoms with Gasteiger partial charge in [0.05, 0.1) is 5.92 Å². The van der Waals surface area contributed by atoms with Crippen molar-refractivity contribution in [3.63, 3.8) is 0 Å². The Labute approximate surface area is 222 Å². The van der Waals surface area contributed by atoms with E-state index in [1.807, 2.05) is 81.4 Å². The van der Waals surface area contributed by atoms with Gasteiger partial charge in [-0.3, -0.25) is 4.79 Å². The molecule has 0 spiro atoms. The van der Waals surface area contributed by atoms with E-state index in [2.05, 4.69) is 11.4 Å². The van der Waals surface area contributed by atoms with Gasteiger partial charge in [-0.15, -0.1) is 0 Å². The van der Waals surface area contributed by atoms with Crippen LogP contribution in [0.15, 0.2) is 18.2 Å². The van der Waals surface area contributed by atoms with E-state index in [1.54, 1.807) is 4.90 Å². The summed E-state index contributed by atoms with van der Waals surface area (Å²) in [4.78, 5) is 39.8. The van der Waals surface area contributed by atoms with Gasteiger partial charge in [0.15, 0.2) is 0 Å². The topological polar surface area (TPSA) is 94.2 Å². The van der Waals surface area contributed by atoms with E-state index in [0.717, 1.165) is 16.7 Å². The van der Waals surface area contributed by atoms with Gasteiger partial charge in [-0.1, -0.05) is 23.8 Å². The third-order valence-corrected chi connectivity index (χ3v) is 5.64. The number of hydrogen-bond acceptors (Lipinski definition) is 6. The molecule has 1 saturated heterocycles. The number of amides is 2. The molecule has 0 radical (unpaired) electrons. The molecule has 1 N–H and O–H groups in total. The van der Waals surface area contributed by atoms with E-state index in [1.165, 1.54) is 0 Å². The molecule has 8 heteroatoms. The molecular weight excluding hydrogens is 472 g/mol. The van der Waals surface area contributed by atoms with Crippen LogP contribution in [-0.4, -0.2) is 52.9 Å². The van der Waals surface area contributed by atoms with Gasteiger partial charge in [0.25, 0.3) is 0 Å². The summed E-state index contributed by atoms with van der Waals surface area (Å²) in [5, 5.41) is 2.80. The SMILES string of the molecule is Cc1cc(CNC(=O)OC(C)(C)C)cc(C[C@H](C(=O)OC(C)(C)C)C2CCN(C(=O)OC(C)(C)C)C2)c1. The number of benzene rings is 1. The fourth-order valence-electron chi connectivity index (χ4n) is 4.34. The molecule has 1 heterocycles. The Morgan fingerprint density at radius 1 is 0.892 bits per heavy atom. The van der Waals surface area contributed by atoms with Crippen LogP contribution in [-0.2, 0) is 32.0 Å². The van der Waals surface area contributed by atoms with Crippen LogP contribution in [0.4, 0.5) is 9.59 Å². The number of rotatable bonds is 6. The van der Waals surface area contributed by atoms with Gasteiger partial charge >= 0.3 is 18.2 Å². The maximum absolute atomic E-state index is 13.3. The molecule has 2 amide bonds. The quantitative estimate of drug-likeness (QED) is 0.379. The second kappa shape index (κ2) is 11.7. The number of nitrogens with zero attached hydrogens (tertiary/aromatic N) is 1. The zero-order valence-corrected chi connectivity index (χ0v) is 24.3. The minimum atomic E-state index is -0.617. The van der Waals surface area contributed by atoms with E-state index < -0.39 is 28.8 Å². The molecule has 1 aliphatic rings. The van der Waals surface area contributed by atoms with Crippen LogP contribution in [0.3, 0.4) is 0 Å². The highest BCUT2D eigenvalue weighted by molar-refractivity contribution is 5.74. The van der Waals surface area contributed by atoms with Crippen LogP contribution in [0.1, 0.15) is 85.4 Å². The van der Waals surface area contributed by atoms with E-state index in [0.29, 0.717) is 32.5 Å². The van der Waals surface area contributed by atoms with E-state index >= 15 is 0 Å². The molecule has 1 fully saturated rings. The molecule has 37 heavy (non-hydrogen) atoms. The Hall–Kier alpha value is -2.77. The number of alkyl carbamates (subject to hydrolysis) is 1. The number of carbonyl (C=O) groups is 3. The third-order valence-electron chi connectivity index (χ3n) is 5.64. The van der Waals surface area contributed by atoms with Crippen molar-refractivity contribution in [2.75, 3.05) is 13.1 Å². The Morgan fingerprint density at radius 3 is 2.03 bits per heavy atom. The summed E-state index contributed by atoms with van der Waals surface area (Å²) < 4.78 is 16.7. The Morgan fingerprint density at radius 2 is 1.46 bits per heavy atom. The number of esters is 1. The first-order chi connectivity index (χ1) is 16.8. The molecule has 2 atom stereocenters. The van der Waals surface area contributed by atoms with E-state index in [-0.39, 0.29) is 18.0 Å². The third kappa shape index (κ3) is 11.0. The van der Waals surface area contributed by atoms with E-state index in [4.69, 9.17) is 14.2 Å². The van der Waals surface area contributed by atoms with Crippen LogP contribution in [0, 0.1) is 18.8 Å². The Kier molecular flexibility index (Phi) is 9.66. The van der Waals surface area contributed by atoms with Crippen molar-refractivity contribution in [3.05, 3.63) is 34.9 Å². The highest BCUT2D eigenvalue weighted by Crippen LogP contribution is 2.31. The normalized spacial score (nSPS) is 17.2. The molecular formula is C29H46N2O6. The molecule has 2 rings (SSSR count). The molecule has 0 aliphatic carbocycles. The van der Waals surface area contributed by atoms with Crippen molar-refractivity contribution in [3.8, 4) is 0 Å². The van der Waals surface area contributed by atoms with Crippen LogP contribution >= 0.6 is 0 Å². The van der Waals surface area contributed by atoms with Crippen LogP contribution in [0.2, 0.25) is 0 Å². The largest absolute Gasteiger partial charge is 0.460 e. The van der Waals surface area contributed by atoms with Gasteiger partial charge < -0.3 is 24.4 Å². The minimum Gasteiger partial charge on any atom is -0.460 e. The van der Waals surface area contributed by atoms with Crippen molar-refractivity contribution < 1.29 is 28.6 Å². The second-order valence-electron chi connectivity index (χ2n) is 13.0. The second-order valence-corrected chi connectivity index (χ2v) is 13.0. The van der Waals surface area contributed by atoms with Crippen molar-refractivity contribution in [1.29, 1.82) is 0 Å². The van der Waals surface area contributed by atoms with Gasteiger partial charge in [-0.2, -0.15) is 0 Å². The number of aryl methyl sites for hydroxylation is 1. The summed E-state index contributed by atoms with van der Waals surface area (Å²) in [5.74, 6) is -0.732. The number of likely N-dealkylation sites (tertiary alicyclic amines) is 1. The minimum absolute atomic E-state index is 0.0498. The van der Waals surface area contributed by atoms with Gasteiger partial charge in [-0.05, 0) is 99.1 Å². The molecule has 1 unspecified atom stereocenters. The monoisotopic (exact) mass is 518 g/mol. The highest BCUT2D eigenvalue weighted by atomic mass is 16.6. The average Bonchev–Trinajstić information content (AvgIpc) is 3.16. The van der Waals surface area contributed by atoms with Gasteiger partial charge in [0.2, 0.25) is 0 Å². The van der Waals surface area contributed by atoms with Gasteiger partial charge in [-0.25, -0.2) is 9.59 Å². The first-order valence-electron chi connectivity index (χ1n) is 13.1. The van der Waals surface area contributed by atoms with Gasteiger partial charge in [0.1, 0.15) is 16.8 Å². The van der Waals surface area contributed by atoms with Gasteiger partial charge in [0, 0.05) is 19.6 Å². The number of ether oxygens (including phenoxy) is 3. The summed E-state index contributed by atoms with van der Waals surface area (Å²) in [6, 6.07) is 6.06. The Bertz CT molecular complexity index is 968. The standard InChI is InChI=1S/C29H46N2O6/c1-19-13-20(15-21(14-19)17-30-25(33)36-28(5,6)7)16-23(24(32)35-27(2,3)4)22-11-12-31(18-22)26(34)37-29(8,9)10/h13-15,22-23H,11-12,16-18H2,1-10H3,(H,30,33)/t22?,23-/m0/s1. The molecule has 1 aromatic carbocycles. The maximum Gasteiger partial charge on any atom is 0.410 e. The smallest absolute Gasteiger partial charge is 0.410 e. The fourth-order valence-corrected chi connectivity index (χ4v) is 4.34. The summed E-state index contributed by atoms with van der Waals surface area (Å²) in [6.45, 7) is 19.8. The summed E-state index contributed by atoms with van der Waals surface area (Å²) in [6.07, 6.45) is 0.338. The van der Waals surface area contributed by atoms with Crippen molar-refractivity contribution >= 4 is 18.2 Å². The number of carbonyl (C=O) groups excluding carboxylic acids is 3. The summed E-state index contributed by atoms with van der Waals surface area (Å²) in [5.41, 5.74) is 1.16. The average molecular weight is 519 g/mol. The lowest BCUT2D eigenvalue weighted by Crippen LogP contribution is -2.38. The lowest BCUT2D eigenvalue weighted by Gasteiger charge is -2.28. The van der Waals surface area contributed by atoms with Crippen molar-refractivity contribution in [2.24, 2.45) is 11.8 Å². The molecule has 1 aliphatic heterocycles. The molecule has 1 aromatic rings. The molecule has 0 aromatic heterocycles. The molecule has 0 bridgehead atoms. The van der Waals surface area contributed by atoms with E-state index in [9.17, 15) is 14.4 Å². The number of hydrogen-bond donors (Lipinski definition) is 1. The lowest BCUT2D eigenvalue weighted by molar-refractivity contribution is -0.162. The first-order valence-corrected chi connectivity index (χ1v) is 13.1. The molecule has 0 saturated carbocycles. The summed E-state index contributed by atoms with van der Waals surface area (Å²) >= 11 is 0. The molecule has 8 nitrogen and oxygen atoms in total. The van der Waals surface area contributed by atoms with Crippen molar-refractivity contribution in [2.45, 2.75) is 105 Å². The zero-order chi connectivity index (χ0) is 28.2. The van der Waals surface area contributed by atoms with Crippen LogP contribution in [0.5, 0.6) is 0 Å². The Balaban J connectivity index is 2.20. The predicted octanol–water partition coefficient (Wildman–Crippen LogP) is 5.78. The van der Waals surface area contributed by atoms with Crippen LogP contribution < -0.4 is 5.32 Å².